The third kappa shape index (κ3) is 5.50. The highest BCUT2D eigenvalue weighted by atomic mass is 16.3. The number of hydrogen-bond acceptors (Lipinski definition) is 5. The zero-order valence-electron chi connectivity index (χ0n) is 14.3. The lowest BCUT2D eigenvalue weighted by Gasteiger charge is -2.06. The zero-order chi connectivity index (χ0) is 18.1. The molecule has 0 heterocycles. The largest absolute Gasteiger partial charge is 0.504 e. The van der Waals surface area contributed by atoms with Gasteiger partial charge in [0, 0.05) is 24.2 Å². The van der Waals surface area contributed by atoms with E-state index in [9.17, 15) is 4.79 Å². The molecule has 0 aliphatic rings. The zero-order valence-corrected chi connectivity index (χ0v) is 14.3. The summed E-state index contributed by atoms with van der Waals surface area (Å²) in [6.07, 6.45) is 1.46. The van der Waals surface area contributed by atoms with Crippen molar-refractivity contribution >= 4 is 11.5 Å². The predicted octanol–water partition coefficient (Wildman–Crippen LogP) is 4.21. The molecule has 0 aliphatic heterocycles. The lowest BCUT2D eigenvalue weighted by molar-refractivity contribution is 0.0987. The van der Waals surface area contributed by atoms with Gasteiger partial charge in [-0.15, -0.1) is 0 Å². The van der Waals surface area contributed by atoms with Gasteiger partial charge in [-0.2, -0.15) is 0 Å². The Kier molecular flexibility index (Phi) is 7.62. The summed E-state index contributed by atoms with van der Waals surface area (Å²) in [6, 6.07) is 10.6. The van der Waals surface area contributed by atoms with Gasteiger partial charge in [-0.05, 0) is 37.1 Å². The summed E-state index contributed by atoms with van der Waals surface area (Å²) >= 11 is 0. The standard InChI is InChI=1S/C10H15N.C9H10O4/c1-3-8-11-10-7-5-4-6-9(10)2;1-2-6(10)5-3-7(11)9(13)8(12)4-5/h4-7,11H,3,8H2,1-2H3;3-4,11-13H,2H2,1H3. The van der Waals surface area contributed by atoms with Gasteiger partial charge >= 0.3 is 0 Å². The van der Waals surface area contributed by atoms with E-state index in [1.807, 2.05) is 0 Å². The van der Waals surface area contributed by atoms with Gasteiger partial charge in [0.05, 0.1) is 0 Å². The van der Waals surface area contributed by atoms with Crippen molar-refractivity contribution < 1.29 is 20.1 Å². The number of aryl methyl sites for hydroxylation is 1. The summed E-state index contributed by atoms with van der Waals surface area (Å²) in [5.74, 6) is -1.79. The van der Waals surface area contributed by atoms with Crippen LogP contribution in [0.1, 0.15) is 42.6 Å². The number of anilines is 1. The van der Waals surface area contributed by atoms with Crippen molar-refractivity contribution in [2.75, 3.05) is 11.9 Å². The number of aromatic hydroxyl groups is 3. The van der Waals surface area contributed by atoms with Gasteiger partial charge in [-0.3, -0.25) is 4.79 Å². The Morgan fingerprint density at radius 2 is 1.62 bits per heavy atom. The smallest absolute Gasteiger partial charge is 0.200 e. The van der Waals surface area contributed by atoms with E-state index in [-0.39, 0.29) is 17.8 Å². The van der Waals surface area contributed by atoms with Crippen molar-refractivity contribution in [3.05, 3.63) is 47.5 Å². The van der Waals surface area contributed by atoms with Crippen LogP contribution in [0.25, 0.3) is 0 Å². The number of para-hydroxylation sites is 1. The number of carbonyl (C=O) groups is 1. The molecule has 0 radical (unpaired) electrons. The predicted molar refractivity (Wildman–Crippen MR) is 96.0 cm³/mol. The van der Waals surface area contributed by atoms with E-state index in [1.165, 1.54) is 17.7 Å². The first-order valence-electron chi connectivity index (χ1n) is 7.98. The van der Waals surface area contributed by atoms with Crippen LogP contribution in [0.2, 0.25) is 0 Å². The number of carbonyl (C=O) groups excluding carboxylic acids is 1. The molecule has 4 N–H and O–H groups in total. The third-order valence-electron chi connectivity index (χ3n) is 3.42. The number of nitrogens with one attached hydrogen (secondary N) is 1. The van der Waals surface area contributed by atoms with Crippen molar-refractivity contribution in [1.82, 2.24) is 0 Å². The molecule has 2 aromatic carbocycles. The number of rotatable bonds is 5. The lowest BCUT2D eigenvalue weighted by atomic mass is 10.1. The monoisotopic (exact) mass is 331 g/mol. The fraction of sp³-hybridized carbons (Fsp3) is 0.316. The van der Waals surface area contributed by atoms with Crippen LogP contribution < -0.4 is 5.32 Å². The minimum atomic E-state index is -0.604. The van der Waals surface area contributed by atoms with Crippen LogP contribution in [-0.2, 0) is 0 Å². The van der Waals surface area contributed by atoms with Crippen LogP contribution in [-0.4, -0.2) is 27.6 Å². The molecule has 2 rings (SSSR count). The Morgan fingerprint density at radius 3 is 2.12 bits per heavy atom. The van der Waals surface area contributed by atoms with Crippen molar-refractivity contribution in [3.63, 3.8) is 0 Å². The van der Waals surface area contributed by atoms with Crippen molar-refractivity contribution in [2.45, 2.75) is 33.6 Å². The van der Waals surface area contributed by atoms with Gasteiger partial charge in [-0.25, -0.2) is 0 Å². The average Bonchev–Trinajstić information content (AvgIpc) is 2.58. The van der Waals surface area contributed by atoms with Gasteiger partial charge in [-0.1, -0.05) is 32.0 Å². The number of benzene rings is 2. The first kappa shape index (κ1) is 19.4. The Balaban J connectivity index is 0.000000243. The second-order valence-electron chi connectivity index (χ2n) is 5.38. The molecule has 0 fully saturated rings. The molecular weight excluding hydrogens is 306 g/mol. The molecule has 0 atom stereocenters. The fourth-order valence-corrected chi connectivity index (χ4v) is 2.00. The SMILES string of the molecule is CCC(=O)c1cc(O)c(O)c(O)c1.CCCNc1ccccc1C. The number of phenolic OH excluding ortho intramolecular Hbond substituents is 3. The summed E-state index contributed by atoms with van der Waals surface area (Å²) in [5.41, 5.74) is 2.77. The molecule has 0 unspecified atom stereocenters. The minimum Gasteiger partial charge on any atom is -0.504 e. The molecule has 2 aromatic rings. The van der Waals surface area contributed by atoms with E-state index in [2.05, 4.69) is 43.4 Å². The number of phenols is 3. The second kappa shape index (κ2) is 9.45. The normalized spacial score (nSPS) is 9.79. The molecule has 0 amide bonds. The fourth-order valence-electron chi connectivity index (χ4n) is 2.00. The van der Waals surface area contributed by atoms with E-state index in [4.69, 9.17) is 15.3 Å². The van der Waals surface area contributed by atoms with Crippen molar-refractivity contribution in [2.24, 2.45) is 0 Å². The van der Waals surface area contributed by atoms with E-state index in [1.54, 1.807) is 6.92 Å². The maximum Gasteiger partial charge on any atom is 0.200 e. The Morgan fingerprint density at radius 1 is 1.04 bits per heavy atom. The first-order valence-corrected chi connectivity index (χ1v) is 7.98. The van der Waals surface area contributed by atoms with E-state index < -0.39 is 17.2 Å². The quantitative estimate of drug-likeness (QED) is 0.487. The van der Waals surface area contributed by atoms with Crippen LogP contribution in [0.3, 0.4) is 0 Å². The summed E-state index contributed by atoms with van der Waals surface area (Å²) in [4.78, 5) is 11.1. The highest BCUT2D eigenvalue weighted by molar-refractivity contribution is 5.97. The summed E-state index contributed by atoms with van der Waals surface area (Å²) in [6.45, 7) is 7.03. The molecule has 0 spiro atoms. The first-order chi connectivity index (χ1) is 11.4. The van der Waals surface area contributed by atoms with E-state index in [0.717, 1.165) is 18.7 Å². The lowest BCUT2D eigenvalue weighted by Crippen LogP contribution is -2.00. The van der Waals surface area contributed by atoms with Gasteiger partial charge < -0.3 is 20.6 Å². The van der Waals surface area contributed by atoms with Crippen LogP contribution in [0.4, 0.5) is 5.69 Å². The topological polar surface area (TPSA) is 89.8 Å². The third-order valence-corrected chi connectivity index (χ3v) is 3.42. The molecule has 0 aromatic heterocycles. The Hall–Kier alpha value is -2.69. The molecule has 0 bridgehead atoms. The van der Waals surface area contributed by atoms with Gasteiger partial charge in [0.2, 0.25) is 0 Å². The van der Waals surface area contributed by atoms with Crippen molar-refractivity contribution in [3.8, 4) is 17.2 Å². The molecule has 130 valence electrons. The number of hydrogen-bond donors (Lipinski definition) is 4. The van der Waals surface area contributed by atoms with Gasteiger partial charge in [0.15, 0.2) is 23.0 Å². The van der Waals surface area contributed by atoms with Gasteiger partial charge in [0.25, 0.3) is 0 Å². The number of ketones is 1. The summed E-state index contributed by atoms with van der Waals surface area (Å²) < 4.78 is 0. The minimum absolute atomic E-state index is 0.190. The van der Waals surface area contributed by atoms with E-state index in [0.29, 0.717) is 0 Å². The van der Waals surface area contributed by atoms with Gasteiger partial charge in [0.1, 0.15) is 0 Å². The summed E-state index contributed by atoms with van der Waals surface area (Å²) in [5, 5.41) is 30.5. The van der Waals surface area contributed by atoms with Crippen molar-refractivity contribution in [1.29, 1.82) is 0 Å². The molecule has 5 nitrogen and oxygen atoms in total. The Bertz CT molecular complexity index is 660. The highest BCUT2D eigenvalue weighted by Crippen LogP contribution is 2.35. The Labute approximate surface area is 142 Å². The van der Waals surface area contributed by atoms with Crippen LogP contribution in [0, 0.1) is 6.92 Å². The maximum atomic E-state index is 11.1. The number of Topliss-reactive ketones (excluding diaryl/α,β-unsaturated/α-hetero) is 1. The summed E-state index contributed by atoms with van der Waals surface area (Å²) in [7, 11) is 0. The molecule has 0 saturated heterocycles. The van der Waals surface area contributed by atoms with Crippen LogP contribution in [0.5, 0.6) is 17.2 Å². The average molecular weight is 331 g/mol. The molecule has 24 heavy (non-hydrogen) atoms. The highest BCUT2D eigenvalue weighted by Gasteiger charge is 2.11. The van der Waals surface area contributed by atoms with E-state index >= 15 is 0 Å². The molecule has 0 aliphatic carbocycles. The van der Waals surface area contributed by atoms with Crippen LogP contribution in [0.15, 0.2) is 36.4 Å². The molecular formula is C19H25NO4. The molecule has 0 saturated carbocycles. The maximum absolute atomic E-state index is 11.1. The second-order valence-corrected chi connectivity index (χ2v) is 5.38. The van der Waals surface area contributed by atoms with Crippen LogP contribution >= 0.6 is 0 Å². The molecule has 5 heteroatoms.